The van der Waals surface area contributed by atoms with Crippen molar-refractivity contribution in [2.75, 3.05) is 5.75 Å². The van der Waals surface area contributed by atoms with E-state index in [1.165, 1.54) is 11.1 Å². The van der Waals surface area contributed by atoms with Crippen LogP contribution in [0.5, 0.6) is 0 Å². The van der Waals surface area contributed by atoms with Crippen LogP contribution in [0.1, 0.15) is 29.2 Å². The van der Waals surface area contributed by atoms with Crippen molar-refractivity contribution in [1.82, 2.24) is 14.9 Å². The summed E-state index contributed by atoms with van der Waals surface area (Å²) in [6.07, 6.45) is 3.97. The lowest BCUT2D eigenvalue weighted by atomic mass is 10.0. The zero-order valence-electron chi connectivity index (χ0n) is 11.7. The Kier molecular flexibility index (Phi) is 3.22. The molecule has 5 heteroatoms. The molecule has 1 amide bonds. The van der Waals surface area contributed by atoms with Gasteiger partial charge in [0.1, 0.15) is 0 Å². The minimum Gasteiger partial charge on any atom is -0.350 e. The molecule has 21 heavy (non-hydrogen) atoms. The van der Waals surface area contributed by atoms with E-state index in [1.54, 1.807) is 11.8 Å². The number of rotatable bonds is 3. The number of imidazole rings is 1. The molecule has 1 aromatic carbocycles. The minimum atomic E-state index is 0.00466. The second-order valence-electron chi connectivity index (χ2n) is 5.56. The first kappa shape index (κ1) is 13.0. The molecule has 0 saturated carbocycles. The largest absolute Gasteiger partial charge is 0.350 e. The SMILES string of the molecule is O=C(NCc1cn2c(n1)SCC2)[C@H]1CCc2ccccc21. The summed E-state index contributed by atoms with van der Waals surface area (Å²) in [6, 6.07) is 8.26. The van der Waals surface area contributed by atoms with Gasteiger partial charge in [0.25, 0.3) is 0 Å². The Balaban J connectivity index is 1.42. The Labute approximate surface area is 128 Å². The fourth-order valence-electron chi connectivity index (χ4n) is 3.18. The van der Waals surface area contributed by atoms with Gasteiger partial charge >= 0.3 is 0 Å². The smallest absolute Gasteiger partial charge is 0.227 e. The van der Waals surface area contributed by atoms with Gasteiger partial charge in [0.05, 0.1) is 18.2 Å². The second kappa shape index (κ2) is 5.22. The van der Waals surface area contributed by atoms with E-state index < -0.39 is 0 Å². The fourth-order valence-corrected chi connectivity index (χ4v) is 4.14. The normalized spacial score (nSPS) is 19.3. The van der Waals surface area contributed by atoms with Crippen molar-refractivity contribution in [2.45, 2.75) is 37.0 Å². The maximum absolute atomic E-state index is 12.4. The van der Waals surface area contributed by atoms with Gasteiger partial charge in [-0.3, -0.25) is 4.79 Å². The maximum Gasteiger partial charge on any atom is 0.227 e. The van der Waals surface area contributed by atoms with Gasteiger partial charge < -0.3 is 9.88 Å². The standard InChI is InChI=1S/C16H17N3OS/c20-15(14-6-5-11-3-1-2-4-13(11)14)17-9-12-10-19-7-8-21-16(19)18-12/h1-4,10,14H,5-9H2,(H,17,20)/t14-/m0/s1. The van der Waals surface area contributed by atoms with Gasteiger partial charge in [0.2, 0.25) is 5.91 Å². The third kappa shape index (κ3) is 2.35. The molecule has 1 atom stereocenters. The summed E-state index contributed by atoms with van der Waals surface area (Å²) in [4.78, 5) is 17.0. The van der Waals surface area contributed by atoms with E-state index in [1.807, 2.05) is 12.1 Å². The van der Waals surface area contributed by atoms with Crippen LogP contribution in [0.25, 0.3) is 0 Å². The third-order valence-corrected chi connectivity index (χ3v) is 5.22. The predicted octanol–water partition coefficient (Wildman–Crippen LogP) is 2.33. The summed E-state index contributed by atoms with van der Waals surface area (Å²) in [7, 11) is 0. The average Bonchev–Trinajstić information content (AvgIpc) is 3.18. The highest BCUT2D eigenvalue weighted by Crippen LogP contribution is 2.33. The molecule has 1 N–H and O–H groups in total. The summed E-state index contributed by atoms with van der Waals surface area (Å²) in [5.41, 5.74) is 3.46. The molecule has 4 rings (SSSR count). The van der Waals surface area contributed by atoms with E-state index in [9.17, 15) is 4.79 Å². The maximum atomic E-state index is 12.4. The molecule has 1 aromatic heterocycles. The zero-order chi connectivity index (χ0) is 14.2. The van der Waals surface area contributed by atoms with Crippen LogP contribution in [-0.4, -0.2) is 21.2 Å². The highest BCUT2D eigenvalue weighted by molar-refractivity contribution is 7.99. The van der Waals surface area contributed by atoms with Crippen LogP contribution in [-0.2, 0) is 24.3 Å². The van der Waals surface area contributed by atoms with Crippen LogP contribution in [0, 0.1) is 0 Å². The van der Waals surface area contributed by atoms with Crippen molar-refractivity contribution >= 4 is 17.7 Å². The monoisotopic (exact) mass is 299 g/mol. The number of hydrogen-bond donors (Lipinski definition) is 1. The van der Waals surface area contributed by atoms with Crippen molar-refractivity contribution in [3.63, 3.8) is 0 Å². The fraction of sp³-hybridized carbons (Fsp3) is 0.375. The second-order valence-corrected chi connectivity index (χ2v) is 6.63. The summed E-state index contributed by atoms with van der Waals surface area (Å²) < 4.78 is 2.16. The van der Waals surface area contributed by atoms with Crippen molar-refractivity contribution < 1.29 is 4.79 Å². The molecule has 1 aliphatic carbocycles. The van der Waals surface area contributed by atoms with Crippen molar-refractivity contribution in [2.24, 2.45) is 0 Å². The Morgan fingerprint density at radius 2 is 2.33 bits per heavy atom. The molecule has 0 saturated heterocycles. The lowest BCUT2D eigenvalue weighted by molar-refractivity contribution is -0.122. The van der Waals surface area contributed by atoms with Crippen LogP contribution < -0.4 is 5.32 Å². The molecule has 0 unspecified atom stereocenters. The van der Waals surface area contributed by atoms with Gasteiger partial charge in [-0.15, -0.1) is 0 Å². The van der Waals surface area contributed by atoms with Crippen molar-refractivity contribution in [3.05, 3.63) is 47.3 Å². The topological polar surface area (TPSA) is 46.9 Å². The summed E-state index contributed by atoms with van der Waals surface area (Å²) in [6.45, 7) is 1.55. The molecule has 0 spiro atoms. The summed E-state index contributed by atoms with van der Waals surface area (Å²) in [5, 5.41) is 4.12. The molecule has 2 aliphatic rings. The molecule has 108 valence electrons. The Hall–Kier alpha value is -1.75. The third-order valence-electron chi connectivity index (χ3n) is 4.25. The van der Waals surface area contributed by atoms with Crippen LogP contribution in [0.3, 0.4) is 0 Å². The summed E-state index contributed by atoms with van der Waals surface area (Å²) >= 11 is 1.78. The van der Waals surface area contributed by atoms with Gasteiger partial charge in [-0.2, -0.15) is 0 Å². The molecular formula is C16H17N3OS. The molecule has 2 aromatic rings. The number of aryl methyl sites for hydroxylation is 2. The van der Waals surface area contributed by atoms with E-state index in [4.69, 9.17) is 0 Å². The number of nitrogens with one attached hydrogen (secondary N) is 1. The number of fused-ring (bicyclic) bond motifs is 2. The first-order valence-corrected chi connectivity index (χ1v) is 8.34. The highest BCUT2D eigenvalue weighted by atomic mass is 32.2. The average molecular weight is 299 g/mol. The zero-order valence-corrected chi connectivity index (χ0v) is 12.5. The molecule has 1 aliphatic heterocycles. The van der Waals surface area contributed by atoms with Crippen LogP contribution in [0.15, 0.2) is 35.6 Å². The Bertz CT molecular complexity index is 673. The highest BCUT2D eigenvalue weighted by Gasteiger charge is 2.28. The van der Waals surface area contributed by atoms with Crippen LogP contribution >= 0.6 is 11.8 Å². The number of nitrogens with zero attached hydrogens (tertiary/aromatic N) is 2. The lowest BCUT2D eigenvalue weighted by Gasteiger charge is -2.11. The Morgan fingerprint density at radius 3 is 3.24 bits per heavy atom. The number of aromatic nitrogens is 2. The van der Waals surface area contributed by atoms with Gasteiger partial charge in [-0.1, -0.05) is 36.0 Å². The lowest BCUT2D eigenvalue weighted by Crippen LogP contribution is -2.28. The first-order chi connectivity index (χ1) is 10.3. The number of benzene rings is 1. The number of amides is 1. The van der Waals surface area contributed by atoms with Gasteiger partial charge in [0, 0.05) is 18.5 Å². The van der Waals surface area contributed by atoms with E-state index in [-0.39, 0.29) is 11.8 Å². The van der Waals surface area contributed by atoms with Crippen molar-refractivity contribution in [1.29, 1.82) is 0 Å². The molecule has 4 nitrogen and oxygen atoms in total. The quantitative estimate of drug-likeness (QED) is 0.946. The number of hydrogen-bond acceptors (Lipinski definition) is 3. The van der Waals surface area contributed by atoms with Gasteiger partial charge in [0.15, 0.2) is 5.16 Å². The molecule has 0 bridgehead atoms. The van der Waals surface area contributed by atoms with Crippen molar-refractivity contribution in [3.8, 4) is 0 Å². The molecular weight excluding hydrogens is 282 g/mol. The number of carbonyl (C=O) groups is 1. The number of carbonyl (C=O) groups excluding carboxylic acids is 1. The predicted molar refractivity (Wildman–Crippen MR) is 82.3 cm³/mol. The van der Waals surface area contributed by atoms with E-state index >= 15 is 0 Å². The molecule has 0 fully saturated rings. The van der Waals surface area contributed by atoms with E-state index in [2.05, 4.69) is 33.2 Å². The van der Waals surface area contributed by atoms with E-state index in [0.717, 1.165) is 36.0 Å². The van der Waals surface area contributed by atoms with E-state index in [0.29, 0.717) is 6.54 Å². The van der Waals surface area contributed by atoms with Gasteiger partial charge in [-0.05, 0) is 24.0 Å². The van der Waals surface area contributed by atoms with Crippen LogP contribution in [0.4, 0.5) is 0 Å². The minimum absolute atomic E-state index is 0.00466. The molecule has 0 radical (unpaired) electrons. The Morgan fingerprint density at radius 1 is 1.43 bits per heavy atom. The van der Waals surface area contributed by atoms with Crippen LogP contribution in [0.2, 0.25) is 0 Å². The summed E-state index contributed by atoms with van der Waals surface area (Å²) in [5.74, 6) is 1.24. The number of thioether (sulfide) groups is 1. The molecule has 2 heterocycles. The van der Waals surface area contributed by atoms with Gasteiger partial charge in [-0.25, -0.2) is 4.98 Å². The first-order valence-electron chi connectivity index (χ1n) is 7.35.